The number of anilines is 1. The number of benzene rings is 2. The molecule has 0 atom stereocenters. The first-order chi connectivity index (χ1) is 10.8. The number of nitrogens with one attached hydrogen (secondary N) is 1. The van der Waals surface area contributed by atoms with E-state index in [-0.39, 0.29) is 27.0 Å². The van der Waals surface area contributed by atoms with E-state index in [4.69, 9.17) is 23.2 Å². The second-order valence-electron chi connectivity index (χ2n) is 4.29. The van der Waals surface area contributed by atoms with Crippen LogP contribution in [0.1, 0.15) is 10.4 Å². The number of amides is 1. The van der Waals surface area contributed by atoms with Gasteiger partial charge in [0.2, 0.25) is 0 Å². The fourth-order valence-corrected chi connectivity index (χ4v) is 2.10. The lowest BCUT2D eigenvalue weighted by Gasteiger charge is -2.08. The van der Waals surface area contributed by atoms with E-state index >= 15 is 0 Å². The van der Waals surface area contributed by atoms with Crippen LogP contribution in [-0.4, -0.2) is 15.8 Å². The number of carbonyl (C=O) groups is 1. The molecular formula is C13H7Cl2N3O5. The quantitative estimate of drug-likeness (QED) is 0.655. The molecule has 2 aromatic rings. The molecule has 0 aliphatic heterocycles. The maximum Gasteiger partial charge on any atom is 0.282 e. The number of rotatable bonds is 4. The van der Waals surface area contributed by atoms with Crippen molar-refractivity contribution in [1.29, 1.82) is 0 Å². The van der Waals surface area contributed by atoms with Gasteiger partial charge in [-0.3, -0.25) is 25.0 Å². The monoisotopic (exact) mass is 355 g/mol. The fourth-order valence-electron chi connectivity index (χ4n) is 1.76. The predicted octanol–water partition coefficient (Wildman–Crippen LogP) is 4.06. The Balaban J connectivity index is 2.40. The molecule has 0 spiro atoms. The minimum absolute atomic E-state index is 0.0415. The lowest BCUT2D eigenvalue weighted by Crippen LogP contribution is -2.14. The van der Waals surface area contributed by atoms with Gasteiger partial charge in [-0.25, -0.2) is 0 Å². The van der Waals surface area contributed by atoms with Gasteiger partial charge in [0.1, 0.15) is 5.56 Å². The Kier molecular flexibility index (Phi) is 4.77. The molecule has 10 heteroatoms. The number of carbonyl (C=O) groups excluding carboxylic acids is 1. The van der Waals surface area contributed by atoms with Crippen molar-refractivity contribution >= 4 is 46.2 Å². The SMILES string of the molecule is O=C(Nc1cc([N+](=O)[O-])ccc1Cl)c1cc(Cl)ccc1[N+](=O)[O-]. The van der Waals surface area contributed by atoms with Gasteiger partial charge in [-0.05, 0) is 18.2 Å². The van der Waals surface area contributed by atoms with Crippen LogP contribution in [0, 0.1) is 20.2 Å². The second kappa shape index (κ2) is 6.59. The van der Waals surface area contributed by atoms with Crippen LogP contribution in [0.3, 0.4) is 0 Å². The second-order valence-corrected chi connectivity index (χ2v) is 5.14. The number of nitro benzene ring substituents is 2. The van der Waals surface area contributed by atoms with Crippen LogP contribution in [0.4, 0.5) is 17.1 Å². The van der Waals surface area contributed by atoms with Crippen molar-refractivity contribution < 1.29 is 14.6 Å². The van der Waals surface area contributed by atoms with E-state index in [9.17, 15) is 25.0 Å². The van der Waals surface area contributed by atoms with Crippen molar-refractivity contribution in [3.63, 3.8) is 0 Å². The van der Waals surface area contributed by atoms with Crippen LogP contribution < -0.4 is 5.32 Å². The summed E-state index contributed by atoms with van der Waals surface area (Å²) in [6.45, 7) is 0. The molecule has 0 bridgehead atoms. The van der Waals surface area contributed by atoms with E-state index in [2.05, 4.69) is 5.32 Å². The standard InChI is InChI=1S/C13H7Cl2N3O5/c14-7-1-4-12(18(22)23)9(5-7)13(19)16-11-6-8(17(20)21)2-3-10(11)15/h1-6H,(H,16,19). The maximum atomic E-state index is 12.2. The molecular weight excluding hydrogens is 349 g/mol. The van der Waals surface area contributed by atoms with Crippen molar-refractivity contribution in [2.45, 2.75) is 0 Å². The highest BCUT2D eigenvalue weighted by Crippen LogP contribution is 2.29. The summed E-state index contributed by atoms with van der Waals surface area (Å²) < 4.78 is 0. The first-order valence-corrected chi connectivity index (χ1v) is 6.74. The summed E-state index contributed by atoms with van der Waals surface area (Å²) in [7, 11) is 0. The highest BCUT2D eigenvalue weighted by molar-refractivity contribution is 6.34. The molecule has 0 heterocycles. The van der Waals surface area contributed by atoms with Crippen molar-refractivity contribution in [2.75, 3.05) is 5.32 Å². The van der Waals surface area contributed by atoms with Crippen molar-refractivity contribution in [1.82, 2.24) is 0 Å². The van der Waals surface area contributed by atoms with Gasteiger partial charge in [-0.2, -0.15) is 0 Å². The lowest BCUT2D eigenvalue weighted by atomic mass is 10.1. The van der Waals surface area contributed by atoms with E-state index in [1.54, 1.807) is 0 Å². The molecule has 0 aliphatic carbocycles. The Morgan fingerprint density at radius 3 is 2.30 bits per heavy atom. The Morgan fingerprint density at radius 2 is 1.70 bits per heavy atom. The molecule has 0 aromatic heterocycles. The highest BCUT2D eigenvalue weighted by Gasteiger charge is 2.22. The smallest absolute Gasteiger partial charge is 0.282 e. The molecule has 0 radical (unpaired) electrons. The maximum absolute atomic E-state index is 12.2. The Bertz CT molecular complexity index is 825. The third-order valence-corrected chi connectivity index (χ3v) is 3.37. The van der Waals surface area contributed by atoms with Gasteiger partial charge in [-0.15, -0.1) is 0 Å². The summed E-state index contributed by atoms with van der Waals surface area (Å²) in [4.78, 5) is 32.5. The average Bonchev–Trinajstić information content (AvgIpc) is 2.48. The number of halogens is 2. The highest BCUT2D eigenvalue weighted by atomic mass is 35.5. The summed E-state index contributed by atoms with van der Waals surface area (Å²) in [5.41, 5.74) is -1.07. The molecule has 1 N–H and O–H groups in total. The van der Waals surface area contributed by atoms with Crippen molar-refractivity contribution in [3.8, 4) is 0 Å². The Labute approximate surface area is 138 Å². The zero-order valence-electron chi connectivity index (χ0n) is 11.2. The summed E-state index contributed by atoms with van der Waals surface area (Å²) in [5.74, 6) is -0.860. The summed E-state index contributed by atoms with van der Waals surface area (Å²) >= 11 is 11.6. The van der Waals surface area contributed by atoms with Crippen LogP contribution in [0.25, 0.3) is 0 Å². The minimum atomic E-state index is -0.860. The van der Waals surface area contributed by atoms with Crippen molar-refractivity contribution in [2.24, 2.45) is 0 Å². The molecule has 118 valence electrons. The number of non-ortho nitro benzene ring substituents is 1. The Hall–Kier alpha value is -2.71. The number of nitrogens with zero attached hydrogens (tertiary/aromatic N) is 2. The molecule has 2 rings (SSSR count). The van der Waals surface area contributed by atoms with E-state index in [1.807, 2.05) is 0 Å². The first-order valence-electron chi connectivity index (χ1n) is 5.99. The molecule has 1 amide bonds. The van der Waals surface area contributed by atoms with Gasteiger partial charge < -0.3 is 5.32 Å². The van der Waals surface area contributed by atoms with Gasteiger partial charge in [0, 0.05) is 23.2 Å². The summed E-state index contributed by atoms with van der Waals surface area (Å²) in [5, 5.41) is 24.2. The van der Waals surface area contributed by atoms with E-state index in [1.165, 1.54) is 18.2 Å². The van der Waals surface area contributed by atoms with Gasteiger partial charge in [0.15, 0.2) is 0 Å². The molecule has 0 saturated heterocycles. The fraction of sp³-hybridized carbons (Fsp3) is 0. The molecule has 8 nitrogen and oxygen atoms in total. The molecule has 0 aliphatic rings. The van der Waals surface area contributed by atoms with E-state index in [0.717, 1.165) is 18.2 Å². The Morgan fingerprint density at radius 1 is 1.00 bits per heavy atom. The van der Waals surface area contributed by atoms with Gasteiger partial charge in [0.05, 0.1) is 20.6 Å². The number of hydrogen-bond acceptors (Lipinski definition) is 5. The van der Waals surface area contributed by atoms with Crippen LogP contribution >= 0.6 is 23.2 Å². The summed E-state index contributed by atoms with van der Waals surface area (Å²) in [6.07, 6.45) is 0. The molecule has 0 unspecified atom stereocenters. The average molecular weight is 356 g/mol. The van der Waals surface area contributed by atoms with Crippen LogP contribution in [-0.2, 0) is 0 Å². The molecule has 0 fully saturated rings. The summed E-state index contributed by atoms with van der Waals surface area (Å²) in [6, 6.07) is 6.95. The lowest BCUT2D eigenvalue weighted by molar-refractivity contribution is -0.385. The zero-order valence-corrected chi connectivity index (χ0v) is 12.7. The third kappa shape index (κ3) is 3.74. The van der Waals surface area contributed by atoms with Gasteiger partial charge in [-0.1, -0.05) is 23.2 Å². The van der Waals surface area contributed by atoms with E-state index in [0.29, 0.717) is 0 Å². The third-order valence-electron chi connectivity index (χ3n) is 2.81. The van der Waals surface area contributed by atoms with Gasteiger partial charge in [0.25, 0.3) is 17.3 Å². The molecule has 23 heavy (non-hydrogen) atoms. The zero-order chi connectivity index (χ0) is 17.1. The van der Waals surface area contributed by atoms with Crippen LogP contribution in [0.5, 0.6) is 0 Å². The van der Waals surface area contributed by atoms with Crippen LogP contribution in [0.15, 0.2) is 36.4 Å². The molecule has 0 saturated carbocycles. The predicted molar refractivity (Wildman–Crippen MR) is 84.2 cm³/mol. The topological polar surface area (TPSA) is 115 Å². The normalized spacial score (nSPS) is 10.2. The minimum Gasteiger partial charge on any atom is -0.320 e. The largest absolute Gasteiger partial charge is 0.320 e. The van der Waals surface area contributed by atoms with Crippen LogP contribution in [0.2, 0.25) is 10.0 Å². The van der Waals surface area contributed by atoms with E-state index < -0.39 is 21.4 Å². The number of nitro groups is 2. The van der Waals surface area contributed by atoms with Gasteiger partial charge >= 0.3 is 0 Å². The molecule has 2 aromatic carbocycles. The first kappa shape index (κ1) is 16.7. The van der Waals surface area contributed by atoms with Crippen molar-refractivity contribution in [3.05, 3.63) is 72.2 Å². The number of hydrogen-bond donors (Lipinski definition) is 1.